The zero-order valence-electron chi connectivity index (χ0n) is 8.34. The van der Waals surface area contributed by atoms with Crippen LogP contribution in [-0.2, 0) is 11.2 Å². The van der Waals surface area contributed by atoms with E-state index in [1.54, 1.807) is 0 Å². The summed E-state index contributed by atoms with van der Waals surface area (Å²) in [5, 5.41) is 8.56. The van der Waals surface area contributed by atoms with Crippen LogP contribution >= 0.6 is 23.3 Å². The van der Waals surface area contributed by atoms with E-state index in [0.717, 1.165) is 16.6 Å². The first-order valence-corrected chi connectivity index (χ1v) is 6.33. The number of aliphatic carboxylic acids is 1. The fraction of sp³-hybridized carbons (Fsp3) is 0.625. The molecule has 3 N–H and O–H groups in total. The standard InChI is InChI=1S/C8H13N3O2S2/c1-2-6-10-8(15-11-6)14-4-3-5(9)7(12)13/h5H,2-4,9H2,1H3,(H,12,13). The van der Waals surface area contributed by atoms with Gasteiger partial charge in [-0.15, -0.1) is 0 Å². The smallest absolute Gasteiger partial charge is 0.320 e. The second-order valence-electron chi connectivity index (χ2n) is 2.91. The second kappa shape index (κ2) is 6.04. The third-order valence-corrected chi connectivity index (χ3v) is 3.64. The van der Waals surface area contributed by atoms with Crippen LogP contribution in [0.2, 0.25) is 0 Å². The molecule has 0 aliphatic carbocycles. The Morgan fingerprint density at radius 1 is 1.73 bits per heavy atom. The van der Waals surface area contributed by atoms with Crippen LogP contribution in [0.1, 0.15) is 19.2 Å². The molecule has 0 radical (unpaired) electrons. The molecule has 0 aliphatic rings. The first-order valence-electron chi connectivity index (χ1n) is 4.57. The molecule has 1 rings (SSSR count). The van der Waals surface area contributed by atoms with Crippen molar-refractivity contribution in [3.63, 3.8) is 0 Å². The van der Waals surface area contributed by atoms with E-state index in [1.165, 1.54) is 23.3 Å². The van der Waals surface area contributed by atoms with Crippen molar-refractivity contribution >= 4 is 29.3 Å². The van der Waals surface area contributed by atoms with Crippen LogP contribution < -0.4 is 5.73 Å². The number of hydrogen-bond acceptors (Lipinski definition) is 6. The molecule has 1 atom stereocenters. The lowest BCUT2D eigenvalue weighted by atomic mass is 10.2. The van der Waals surface area contributed by atoms with Gasteiger partial charge in [0.15, 0.2) is 4.34 Å². The zero-order valence-corrected chi connectivity index (χ0v) is 9.98. The van der Waals surface area contributed by atoms with Crippen molar-refractivity contribution in [2.75, 3.05) is 5.75 Å². The lowest BCUT2D eigenvalue weighted by molar-refractivity contribution is -0.138. The summed E-state index contributed by atoms with van der Waals surface area (Å²) in [6.45, 7) is 2.00. The van der Waals surface area contributed by atoms with E-state index < -0.39 is 12.0 Å². The van der Waals surface area contributed by atoms with Crippen LogP contribution in [0.3, 0.4) is 0 Å². The van der Waals surface area contributed by atoms with Crippen molar-refractivity contribution in [1.82, 2.24) is 9.36 Å². The molecule has 0 saturated heterocycles. The Hall–Kier alpha value is -0.660. The molecule has 0 fully saturated rings. The molecule has 0 amide bonds. The van der Waals surface area contributed by atoms with Crippen LogP contribution in [-0.4, -0.2) is 32.2 Å². The van der Waals surface area contributed by atoms with Crippen LogP contribution in [0.5, 0.6) is 0 Å². The average molecular weight is 247 g/mol. The quantitative estimate of drug-likeness (QED) is 0.729. The van der Waals surface area contributed by atoms with Gasteiger partial charge in [-0.2, -0.15) is 4.37 Å². The number of aromatic nitrogens is 2. The maximum Gasteiger partial charge on any atom is 0.320 e. The summed E-state index contributed by atoms with van der Waals surface area (Å²) >= 11 is 2.85. The topological polar surface area (TPSA) is 89.1 Å². The molecule has 1 unspecified atom stereocenters. The summed E-state index contributed by atoms with van der Waals surface area (Å²) in [5.41, 5.74) is 5.37. The molecule has 1 aromatic rings. The lowest BCUT2D eigenvalue weighted by Gasteiger charge is -2.03. The highest BCUT2D eigenvalue weighted by Crippen LogP contribution is 2.21. The van der Waals surface area contributed by atoms with E-state index in [0.29, 0.717) is 12.2 Å². The highest BCUT2D eigenvalue weighted by Gasteiger charge is 2.11. The molecule has 0 aliphatic heterocycles. The number of aryl methyl sites for hydroxylation is 1. The van der Waals surface area contributed by atoms with Gasteiger partial charge in [0, 0.05) is 12.2 Å². The van der Waals surface area contributed by atoms with Gasteiger partial charge < -0.3 is 10.8 Å². The minimum absolute atomic E-state index is 0.445. The summed E-state index contributed by atoms with van der Waals surface area (Å²) in [5.74, 6) is 0.540. The van der Waals surface area contributed by atoms with Crippen molar-refractivity contribution in [3.8, 4) is 0 Å². The van der Waals surface area contributed by atoms with E-state index in [4.69, 9.17) is 10.8 Å². The van der Waals surface area contributed by atoms with Crippen molar-refractivity contribution in [2.24, 2.45) is 5.73 Å². The van der Waals surface area contributed by atoms with Gasteiger partial charge >= 0.3 is 5.97 Å². The fourth-order valence-electron chi connectivity index (χ4n) is 0.837. The normalized spacial score (nSPS) is 12.7. The maximum absolute atomic E-state index is 10.4. The molecule has 7 heteroatoms. The predicted molar refractivity (Wildman–Crippen MR) is 60.2 cm³/mol. The molecular weight excluding hydrogens is 234 g/mol. The summed E-state index contributed by atoms with van der Waals surface area (Å²) in [7, 11) is 0. The number of rotatable bonds is 6. The molecule has 84 valence electrons. The minimum Gasteiger partial charge on any atom is -0.480 e. The van der Waals surface area contributed by atoms with Crippen LogP contribution in [0.25, 0.3) is 0 Å². The summed E-state index contributed by atoms with van der Waals surface area (Å²) in [6, 6.07) is -0.781. The maximum atomic E-state index is 10.4. The van der Waals surface area contributed by atoms with Gasteiger partial charge in [0.1, 0.15) is 11.9 Å². The molecule has 0 saturated carbocycles. The van der Waals surface area contributed by atoms with Crippen molar-refractivity contribution in [3.05, 3.63) is 5.82 Å². The molecule has 1 aromatic heterocycles. The second-order valence-corrected chi connectivity index (χ2v) is 5.01. The number of carboxylic acids is 1. The predicted octanol–water partition coefficient (Wildman–Crippen LogP) is 0.995. The van der Waals surface area contributed by atoms with Crippen molar-refractivity contribution < 1.29 is 9.90 Å². The van der Waals surface area contributed by atoms with Gasteiger partial charge in [0.25, 0.3) is 0 Å². The van der Waals surface area contributed by atoms with Gasteiger partial charge in [0.2, 0.25) is 0 Å². The Labute approximate surface area is 96.3 Å². The van der Waals surface area contributed by atoms with Gasteiger partial charge in [-0.1, -0.05) is 18.7 Å². The van der Waals surface area contributed by atoms with E-state index in [9.17, 15) is 4.79 Å². The van der Waals surface area contributed by atoms with Gasteiger partial charge in [0.05, 0.1) is 0 Å². The van der Waals surface area contributed by atoms with Crippen LogP contribution in [0, 0.1) is 0 Å². The molecule has 1 heterocycles. The van der Waals surface area contributed by atoms with E-state index in [2.05, 4.69) is 9.36 Å². The van der Waals surface area contributed by atoms with E-state index in [1.807, 2.05) is 6.92 Å². The Morgan fingerprint density at radius 2 is 2.47 bits per heavy atom. The molecule has 0 aromatic carbocycles. The van der Waals surface area contributed by atoms with Gasteiger partial charge in [-0.3, -0.25) is 4.79 Å². The number of hydrogen-bond donors (Lipinski definition) is 2. The monoisotopic (exact) mass is 247 g/mol. The molecule has 0 bridgehead atoms. The Morgan fingerprint density at radius 3 is 3.00 bits per heavy atom. The summed E-state index contributed by atoms with van der Waals surface area (Å²) in [4.78, 5) is 14.7. The first kappa shape index (κ1) is 12.4. The minimum atomic E-state index is -0.956. The van der Waals surface area contributed by atoms with Crippen LogP contribution in [0.15, 0.2) is 4.34 Å². The van der Waals surface area contributed by atoms with Gasteiger partial charge in [-0.25, -0.2) is 4.98 Å². The molecule has 15 heavy (non-hydrogen) atoms. The lowest BCUT2D eigenvalue weighted by Crippen LogP contribution is -2.30. The first-order chi connectivity index (χ1) is 7.13. The third-order valence-electron chi connectivity index (χ3n) is 1.74. The summed E-state index contributed by atoms with van der Waals surface area (Å²) in [6.07, 6.45) is 1.27. The molecule has 5 nitrogen and oxygen atoms in total. The third kappa shape index (κ3) is 4.15. The number of carboxylic acid groups (broad SMARTS) is 1. The zero-order chi connectivity index (χ0) is 11.3. The fourth-order valence-corrected chi connectivity index (χ4v) is 2.63. The number of carbonyl (C=O) groups is 1. The van der Waals surface area contributed by atoms with Crippen molar-refractivity contribution in [1.29, 1.82) is 0 Å². The SMILES string of the molecule is CCc1nsc(SCCC(N)C(=O)O)n1. The average Bonchev–Trinajstić information content (AvgIpc) is 2.65. The number of thioether (sulfide) groups is 1. The number of nitrogens with two attached hydrogens (primary N) is 1. The molecular formula is C8H13N3O2S2. The van der Waals surface area contributed by atoms with Crippen LogP contribution in [0.4, 0.5) is 0 Å². The number of nitrogens with zero attached hydrogens (tertiary/aromatic N) is 2. The largest absolute Gasteiger partial charge is 0.480 e. The Kier molecular flexibility index (Phi) is 5.00. The van der Waals surface area contributed by atoms with Gasteiger partial charge in [-0.05, 0) is 18.0 Å². The van der Waals surface area contributed by atoms with E-state index >= 15 is 0 Å². The Balaban J connectivity index is 2.28. The van der Waals surface area contributed by atoms with E-state index in [-0.39, 0.29) is 0 Å². The summed E-state index contributed by atoms with van der Waals surface area (Å²) < 4.78 is 5.01. The highest BCUT2D eigenvalue weighted by atomic mass is 32.2. The van der Waals surface area contributed by atoms with Crippen molar-refractivity contribution in [2.45, 2.75) is 30.1 Å². The highest BCUT2D eigenvalue weighted by molar-refractivity contribution is 8.00. The Bertz CT molecular complexity index is 329. The molecule has 0 spiro atoms.